The minimum atomic E-state index is -3.55. The van der Waals surface area contributed by atoms with Gasteiger partial charge in [0, 0.05) is 5.56 Å². The van der Waals surface area contributed by atoms with E-state index in [1.54, 1.807) is 0 Å². The maximum absolute atomic E-state index is 10.9. The predicted octanol–water partition coefficient (Wildman–Crippen LogP) is 0.271. The third kappa shape index (κ3) is 2.80. The summed E-state index contributed by atoms with van der Waals surface area (Å²) in [6.07, 6.45) is 0. The number of rotatable bonds is 0. The van der Waals surface area contributed by atoms with Crippen molar-refractivity contribution in [3.05, 3.63) is 35.9 Å². The topological polar surface area (TPSA) is 55.4 Å². The third-order valence-electron chi connectivity index (χ3n) is 1.84. The van der Waals surface area contributed by atoms with Crippen molar-refractivity contribution in [1.82, 2.24) is 4.72 Å². The fourth-order valence-electron chi connectivity index (χ4n) is 1.16. The quantitative estimate of drug-likeness (QED) is 0.642. The number of benzene rings is 1. The highest BCUT2D eigenvalue weighted by Gasteiger charge is 2.25. The number of nitrogens with one attached hydrogen (secondary N) is 1. The van der Waals surface area contributed by atoms with E-state index in [2.05, 4.69) is 20.7 Å². The first-order chi connectivity index (χ1) is 7.16. The second kappa shape index (κ2) is 4.03. The van der Waals surface area contributed by atoms with Gasteiger partial charge in [0.05, 0.1) is 6.61 Å². The van der Waals surface area contributed by atoms with Crippen LogP contribution in [-0.4, -0.2) is 21.1 Å². The van der Waals surface area contributed by atoms with E-state index in [0.717, 1.165) is 5.56 Å². The molecule has 0 radical (unpaired) electrons. The van der Waals surface area contributed by atoms with Crippen LogP contribution in [0.15, 0.2) is 30.3 Å². The second-order valence-corrected chi connectivity index (χ2v) is 4.42. The first kappa shape index (κ1) is 10.2. The molecule has 4 nitrogen and oxygen atoms in total. The molecule has 15 heavy (non-hydrogen) atoms. The smallest absolute Gasteiger partial charge is 0.255 e. The van der Waals surface area contributed by atoms with E-state index in [0.29, 0.717) is 0 Å². The van der Waals surface area contributed by atoms with E-state index < -0.39 is 16.3 Å². The lowest BCUT2D eigenvalue weighted by atomic mass is 10.2. The highest BCUT2D eigenvalue weighted by Crippen LogP contribution is 2.03. The van der Waals surface area contributed by atoms with Crippen LogP contribution in [0.2, 0.25) is 0 Å². The fraction of sp³-hybridized carbons (Fsp3) is 0.200. The largest absolute Gasteiger partial charge is 0.337 e. The molecule has 1 fully saturated rings. The minimum absolute atomic E-state index is 0.0716. The Hall–Kier alpha value is -1.35. The Morgan fingerprint density at radius 2 is 2.07 bits per heavy atom. The van der Waals surface area contributed by atoms with Crippen molar-refractivity contribution in [2.24, 2.45) is 0 Å². The van der Waals surface area contributed by atoms with Gasteiger partial charge in [-0.15, -0.1) is 0 Å². The Balaban J connectivity index is 2.08. The molecule has 0 aromatic heterocycles. The van der Waals surface area contributed by atoms with Gasteiger partial charge in [0.1, 0.15) is 6.04 Å². The number of hydrogen-bond donors (Lipinski definition) is 1. The van der Waals surface area contributed by atoms with Gasteiger partial charge in [0.25, 0.3) is 0 Å². The van der Waals surface area contributed by atoms with Gasteiger partial charge in [-0.05, 0) is 12.1 Å². The highest BCUT2D eigenvalue weighted by atomic mass is 32.2. The Morgan fingerprint density at radius 1 is 1.33 bits per heavy atom. The van der Waals surface area contributed by atoms with Crippen molar-refractivity contribution in [1.29, 1.82) is 0 Å². The zero-order chi connectivity index (χ0) is 10.7. The molecule has 0 bridgehead atoms. The van der Waals surface area contributed by atoms with Crippen LogP contribution in [-0.2, 0) is 14.5 Å². The van der Waals surface area contributed by atoms with Gasteiger partial charge in [-0.1, -0.05) is 30.0 Å². The SMILES string of the molecule is O=S1(=O)NC(C#Cc2ccccc2)CO1. The molecule has 1 saturated heterocycles. The molecule has 1 N–H and O–H groups in total. The first-order valence-electron chi connectivity index (χ1n) is 4.39. The van der Waals surface area contributed by atoms with E-state index in [1.165, 1.54) is 0 Å². The van der Waals surface area contributed by atoms with Crippen molar-refractivity contribution >= 4 is 10.3 Å². The predicted molar refractivity (Wildman–Crippen MR) is 55.1 cm³/mol. The van der Waals surface area contributed by atoms with Crippen molar-refractivity contribution < 1.29 is 12.6 Å². The van der Waals surface area contributed by atoms with Gasteiger partial charge in [-0.25, -0.2) is 0 Å². The molecule has 0 aliphatic carbocycles. The fourth-order valence-corrected chi connectivity index (χ4v) is 2.02. The van der Waals surface area contributed by atoms with Crippen molar-refractivity contribution in [3.8, 4) is 11.8 Å². The summed E-state index contributed by atoms with van der Waals surface area (Å²) in [7, 11) is -3.55. The molecule has 78 valence electrons. The van der Waals surface area contributed by atoms with Crippen molar-refractivity contribution in [2.75, 3.05) is 6.61 Å². The lowest BCUT2D eigenvalue weighted by Gasteiger charge is -1.93. The zero-order valence-electron chi connectivity index (χ0n) is 7.80. The summed E-state index contributed by atoms with van der Waals surface area (Å²) in [4.78, 5) is 0. The van der Waals surface area contributed by atoms with E-state index in [-0.39, 0.29) is 6.61 Å². The van der Waals surface area contributed by atoms with Crippen LogP contribution in [0, 0.1) is 11.8 Å². The molecule has 1 aromatic rings. The van der Waals surface area contributed by atoms with Crippen LogP contribution in [0.4, 0.5) is 0 Å². The van der Waals surface area contributed by atoms with Crippen LogP contribution in [0.25, 0.3) is 0 Å². The molecule has 1 atom stereocenters. The van der Waals surface area contributed by atoms with Gasteiger partial charge >= 0.3 is 10.3 Å². The summed E-state index contributed by atoms with van der Waals surface area (Å²) in [5, 5.41) is 0. The van der Waals surface area contributed by atoms with E-state index in [9.17, 15) is 8.42 Å². The summed E-state index contributed by atoms with van der Waals surface area (Å²) in [5.41, 5.74) is 0.851. The normalized spacial score (nSPS) is 23.1. The second-order valence-electron chi connectivity index (χ2n) is 3.04. The van der Waals surface area contributed by atoms with Crippen molar-refractivity contribution in [2.45, 2.75) is 6.04 Å². The van der Waals surface area contributed by atoms with E-state index in [1.807, 2.05) is 30.3 Å². The summed E-state index contributed by atoms with van der Waals surface area (Å²) in [6.45, 7) is 0.0716. The van der Waals surface area contributed by atoms with Crippen LogP contribution in [0.1, 0.15) is 5.56 Å². The average Bonchev–Trinajstić information content (AvgIpc) is 2.57. The van der Waals surface area contributed by atoms with Gasteiger partial charge < -0.3 is 0 Å². The van der Waals surface area contributed by atoms with Crippen LogP contribution in [0.5, 0.6) is 0 Å². The molecule has 5 heteroatoms. The van der Waals surface area contributed by atoms with Crippen LogP contribution in [0.3, 0.4) is 0 Å². The van der Waals surface area contributed by atoms with Gasteiger partial charge in [-0.3, -0.25) is 4.18 Å². The molecule has 0 amide bonds. The molecule has 1 unspecified atom stereocenters. The lowest BCUT2D eigenvalue weighted by molar-refractivity contribution is 0.351. The maximum Gasteiger partial charge on any atom is 0.337 e. The summed E-state index contributed by atoms with van der Waals surface area (Å²) in [5.74, 6) is 5.66. The molecule has 1 aromatic carbocycles. The average molecular weight is 223 g/mol. The Bertz CT molecular complexity index is 498. The highest BCUT2D eigenvalue weighted by molar-refractivity contribution is 7.85. The molecule has 1 heterocycles. The van der Waals surface area contributed by atoms with Crippen LogP contribution >= 0.6 is 0 Å². The van der Waals surface area contributed by atoms with Gasteiger partial charge in [0.2, 0.25) is 0 Å². The first-order valence-corrected chi connectivity index (χ1v) is 5.80. The maximum atomic E-state index is 10.9. The molecule has 1 aliphatic rings. The summed E-state index contributed by atoms with van der Waals surface area (Å²) < 4.78 is 28.5. The van der Waals surface area contributed by atoms with Gasteiger partial charge in [0.15, 0.2) is 0 Å². The van der Waals surface area contributed by atoms with E-state index in [4.69, 9.17) is 0 Å². The monoisotopic (exact) mass is 223 g/mol. The molecular formula is C10H9NO3S. The summed E-state index contributed by atoms with van der Waals surface area (Å²) >= 11 is 0. The number of hydrogen-bond acceptors (Lipinski definition) is 3. The molecule has 1 aliphatic heterocycles. The Kier molecular flexibility index (Phi) is 2.73. The summed E-state index contributed by atoms with van der Waals surface area (Å²) in [6, 6.07) is 8.91. The molecule has 0 spiro atoms. The Labute approximate surface area is 88.5 Å². The zero-order valence-corrected chi connectivity index (χ0v) is 8.62. The third-order valence-corrected chi connectivity index (χ3v) is 2.86. The van der Waals surface area contributed by atoms with Crippen LogP contribution < -0.4 is 4.72 Å². The molecule has 2 rings (SSSR count). The minimum Gasteiger partial charge on any atom is -0.255 e. The van der Waals surface area contributed by atoms with E-state index >= 15 is 0 Å². The van der Waals surface area contributed by atoms with Crippen molar-refractivity contribution in [3.63, 3.8) is 0 Å². The lowest BCUT2D eigenvalue weighted by Crippen LogP contribution is -2.25. The Morgan fingerprint density at radius 3 is 2.67 bits per heavy atom. The molecular weight excluding hydrogens is 214 g/mol. The standard InChI is InChI=1S/C10H9NO3S/c12-15(13)11-10(8-14-15)7-6-9-4-2-1-3-5-9/h1-5,10-11H,8H2. The molecule has 0 saturated carbocycles. The van der Waals surface area contributed by atoms with Gasteiger partial charge in [-0.2, -0.15) is 13.1 Å².